The molecule has 1 fully saturated rings. The summed E-state index contributed by atoms with van der Waals surface area (Å²) in [4.78, 5) is 6.65. The molecule has 1 saturated heterocycles. The predicted octanol–water partition coefficient (Wildman–Crippen LogP) is 1.28. The molecule has 0 atom stereocenters. The van der Waals surface area contributed by atoms with Gasteiger partial charge >= 0.3 is 0 Å². The fourth-order valence-corrected chi connectivity index (χ4v) is 2.04. The lowest BCUT2D eigenvalue weighted by Gasteiger charge is -2.29. The predicted molar refractivity (Wildman–Crippen MR) is 74.1 cm³/mol. The smallest absolute Gasteiger partial charge is 0.129 e. The molecule has 18 heavy (non-hydrogen) atoms. The summed E-state index contributed by atoms with van der Waals surface area (Å²) in [6.45, 7) is 3.52. The number of thiol groups is 1. The van der Waals surface area contributed by atoms with Gasteiger partial charge in [0.2, 0.25) is 0 Å². The maximum atomic E-state index is 8.59. The number of aromatic nitrogens is 1. The van der Waals surface area contributed by atoms with E-state index in [1.807, 2.05) is 18.2 Å². The van der Waals surface area contributed by atoms with Crippen molar-refractivity contribution in [2.75, 3.05) is 43.1 Å². The third-order valence-corrected chi connectivity index (χ3v) is 3.07. The third-order valence-electron chi connectivity index (χ3n) is 2.75. The Morgan fingerprint density at radius 3 is 2.89 bits per heavy atom. The molecular weight excluding hydrogens is 248 g/mol. The van der Waals surface area contributed by atoms with Crippen LogP contribution in [0.5, 0.6) is 0 Å². The molecule has 0 bridgehead atoms. The van der Waals surface area contributed by atoms with Crippen molar-refractivity contribution in [3.05, 3.63) is 17.8 Å². The number of hydrogen-bond donors (Lipinski definition) is 2. The molecule has 0 unspecified atom stereocenters. The number of nitrogens with one attached hydrogen (secondary N) is 1. The van der Waals surface area contributed by atoms with Crippen LogP contribution in [-0.2, 0) is 10.5 Å². The van der Waals surface area contributed by atoms with Gasteiger partial charge < -0.3 is 15.0 Å². The Hall–Kier alpha value is -1.45. The number of nitrogens with zero attached hydrogens (tertiary/aromatic N) is 3. The summed E-state index contributed by atoms with van der Waals surface area (Å²) in [5, 5.41) is 11.6. The Labute approximate surface area is 112 Å². The second kappa shape index (κ2) is 6.47. The van der Waals surface area contributed by atoms with Crippen LogP contribution in [0.4, 0.5) is 11.5 Å². The summed E-state index contributed by atoms with van der Waals surface area (Å²) in [6, 6.07) is 6.05. The van der Waals surface area contributed by atoms with Crippen LogP contribution in [0.3, 0.4) is 0 Å². The number of morpholine rings is 1. The van der Waals surface area contributed by atoms with Gasteiger partial charge in [-0.25, -0.2) is 4.98 Å². The zero-order valence-electron chi connectivity index (χ0n) is 10.1. The molecule has 1 aliphatic heterocycles. The molecule has 0 aliphatic carbocycles. The zero-order valence-corrected chi connectivity index (χ0v) is 11.0. The molecule has 0 radical (unpaired) electrons. The lowest BCUT2D eigenvalue weighted by atomic mass is 10.2. The van der Waals surface area contributed by atoms with Crippen LogP contribution in [0, 0.1) is 11.3 Å². The van der Waals surface area contributed by atoms with E-state index in [0.717, 1.165) is 43.5 Å². The SMILES string of the molecule is N#CCNc1cc(N2CCOCC2)cc(CS)n1. The van der Waals surface area contributed by atoms with Crippen LogP contribution in [0.2, 0.25) is 0 Å². The molecule has 0 spiro atoms. The number of rotatable bonds is 4. The Kier molecular flexibility index (Phi) is 4.67. The highest BCUT2D eigenvalue weighted by molar-refractivity contribution is 7.79. The van der Waals surface area contributed by atoms with Crippen molar-refractivity contribution in [1.29, 1.82) is 5.26 Å². The van der Waals surface area contributed by atoms with Crippen LogP contribution in [0.1, 0.15) is 5.69 Å². The summed E-state index contributed by atoms with van der Waals surface area (Å²) in [5.41, 5.74) is 2.01. The van der Waals surface area contributed by atoms with Crippen LogP contribution >= 0.6 is 12.6 Å². The molecular formula is C12H16N4OS. The van der Waals surface area contributed by atoms with E-state index in [1.54, 1.807) is 0 Å². The molecule has 5 nitrogen and oxygen atoms in total. The first-order valence-corrected chi connectivity index (χ1v) is 6.52. The fourth-order valence-electron chi connectivity index (χ4n) is 1.88. The summed E-state index contributed by atoms with van der Waals surface area (Å²) in [7, 11) is 0. The second-order valence-electron chi connectivity index (χ2n) is 3.97. The van der Waals surface area contributed by atoms with Gasteiger partial charge in [-0.1, -0.05) is 0 Å². The second-order valence-corrected chi connectivity index (χ2v) is 4.29. The van der Waals surface area contributed by atoms with Gasteiger partial charge in [-0.3, -0.25) is 0 Å². The molecule has 96 valence electrons. The van der Waals surface area contributed by atoms with Crippen molar-refractivity contribution in [2.45, 2.75) is 5.75 Å². The number of hydrogen-bond acceptors (Lipinski definition) is 6. The maximum Gasteiger partial charge on any atom is 0.129 e. The van der Waals surface area contributed by atoms with Gasteiger partial charge in [0.25, 0.3) is 0 Å². The Morgan fingerprint density at radius 2 is 2.22 bits per heavy atom. The molecule has 6 heteroatoms. The maximum absolute atomic E-state index is 8.59. The molecule has 0 aromatic carbocycles. The number of nitriles is 1. The summed E-state index contributed by atoms with van der Waals surface area (Å²) in [5.74, 6) is 1.31. The van der Waals surface area contributed by atoms with E-state index in [-0.39, 0.29) is 6.54 Å². The van der Waals surface area contributed by atoms with Crippen LogP contribution in [-0.4, -0.2) is 37.8 Å². The molecule has 2 rings (SSSR count). The minimum Gasteiger partial charge on any atom is -0.378 e. The van der Waals surface area contributed by atoms with Crippen molar-refractivity contribution in [1.82, 2.24) is 4.98 Å². The largest absolute Gasteiger partial charge is 0.378 e. The van der Waals surface area contributed by atoms with Crippen molar-refractivity contribution >= 4 is 24.1 Å². The van der Waals surface area contributed by atoms with E-state index in [1.165, 1.54) is 0 Å². The van der Waals surface area contributed by atoms with Gasteiger partial charge in [-0.05, 0) is 6.07 Å². The van der Waals surface area contributed by atoms with E-state index in [0.29, 0.717) is 5.75 Å². The minimum absolute atomic E-state index is 0.256. The quantitative estimate of drug-likeness (QED) is 0.634. The lowest BCUT2D eigenvalue weighted by Crippen LogP contribution is -2.36. The Balaban J connectivity index is 2.19. The van der Waals surface area contributed by atoms with E-state index in [9.17, 15) is 0 Å². The summed E-state index contributed by atoms with van der Waals surface area (Å²) < 4.78 is 5.34. The average Bonchev–Trinajstić information content (AvgIpc) is 2.45. The van der Waals surface area contributed by atoms with E-state index in [2.05, 4.69) is 27.8 Å². The van der Waals surface area contributed by atoms with E-state index < -0.39 is 0 Å². The average molecular weight is 264 g/mol. The van der Waals surface area contributed by atoms with Crippen LogP contribution < -0.4 is 10.2 Å². The minimum atomic E-state index is 0.256. The van der Waals surface area contributed by atoms with Gasteiger partial charge in [-0.15, -0.1) is 0 Å². The number of pyridine rings is 1. The van der Waals surface area contributed by atoms with Gasteiger partial charge in [0, 0.05) is 30.6 Å². The van der Waals surface area contributed by atoms with E-state index in [4.69, 9.17) is 10.00 Å². The molecule has 1 aromatic heterocycles. The third kappa shape index (κ3) is 3.28. The molecule has 2 heterocycles. The molecule has 1 aromatic rings. The number of ether oxygens (including phenoxy) is 1. The van der Waals surface area contributed by atoms with Gasteiger partial charge in [0.15, 0.2) is 0 Å². The first kappa shape index (κ1) is 13.0. The van der Waals surface area contributed by atoms with Crippen LogP contribution in [0.15, 0.2) is 12.1 Å². The Morgan fingerprint density at radius 1 is 1.44 bits per heavy atom. The normalized spacial score (nSPS) is 15.2. The van der Waals surface area contributed by atoms with Crippen molar-refractivity contribution in [2.24, 2.45) is 0 Å². The molecule has 1 N–H and O–H groups in total. The molecule has 0 saturated carbocycles. The fraction of sp³-hybridized carbons (Fsp3) is 0.500. The van der Waals surface area contributed by atoms with Crippen molar-refractivity contribution in [3.8, 4) is 6.07 Å². The van der Waals surface area contributed by atoms with Crippen molar-refractivity contribution < 1.29 is 4.74 Å². The standard InChI is InChI=1S/C12H16N4OS/c13-1-2-14-12-8-11(7-10(9-18)15-12)16-3-5-17-6-4-16/h7-8,18H,2-6,9H2,(H,14,15). The van der Waals surface area contributed by atoms with E-state index >= 15 is 0 Å². The molecule has 1 aliphatic rings. The zero-order chi connectivity index (χ0) is 12.8. The highest BCUT2D eigenvalue weighted by Crippen LogP contribution is 2.21. The first-order chi connectivity index (χ1) is 8.83. The molecule has 0 amide bonds. The highest BCUT2D eigenvalue weighted by Gasteiger charge is 2.13. The van der Waals surface area contributed by atoms with Gasteiger partial charge in [-0.2, -0.15) is 17.9 Å². The number of anilines is 2. The van der Waals surface area contributed by atoms with Gasteiger partial charge in [0.1, 0.15) is 12.4 Å². The Bertz CT molecular complexity index is 440. The van der Waals surface area contributed by atoms with Crippen LogP contribution in [0.25, 0.3) is 0 Å². The topological polar surface area (TPSA) is 61.2 Å². The first-order valence-electron chi connectivity index (χ1n) is 5.89. The summed E-state index contributed by atoms with van der Waals surface area (Å²) in [6.07, 6.45) is 0. The monoisotopic (exact) mass is 264 g/mol. The lowest BCUT2D eigenvalue weighted by molar-refractivity contribution is 0.122. The van der Waals surface area contributed by atoms with Crippen molar-refractivity contribution in [3.63, 3.8) is 0 Å². The summed E-state index contributed by atoms with van der Waals surface area (Å²) >= 11 is 4.26. The highest BCUT2D eigenvalue weighted by atomic mass is 32.1. The van der Waals surface area contributed by atoms with Gasteiger partial charge in [0.05, 0.1) is 25.0 Å².